The molecule has 20 heavy (non-hydrogen) atoms. The number of carbonyl (C=O) groups excluding carboxylic acids is 2. The second-order valence-electron chi connectivity index (χ2n) is 6.06. The Morgan fingerprint density at radius 1 is 1.15 bits per heavy atom. The van der Waals surface area contributed by atoms with E-state index in [9.17, 15) is 19.5 Å². The van der Waals surface area contributed by atoms with Gasteiger partial charge in [0, 0.05) is 25.6 Å². The van der Waals surface area contributed by atoms with Crippen molar-refractivity contribution in [3.8, 4) is 0 Å². The van der Waals surface area contributed by atoms with Crippen LogP contribution in [0.1, 0.15) is 38.5 Å². The van der Waals surface area contributed by atoms with Crippen LogP contribution < -0.4 is 0 Å². The number of hydrogen-bond acceptors (Lipinski definition) is 3. The first kappa shape index (κ1) is 13.4. The third kappa shape index (κ3) is 2.39. The standard InChI is InChI=1S/C14H20N2O4/c17-12-7-9(8-16(12)10-4-5-10)13(18)15-6-2-1-3-11(15)14(19)20/h9-11H,1-8H2,(H,19,20)/t9?,11-/m0/s1. The van der Waals surface area contributed by atoms with Gasteiger partial charge in [0.15, 0.2) is 0 Å². The molecule has 2 saturated heterocycles. The molecule has 2 atom stereocenters. The second kappa shape index (κ2) is 5.07. The maximum Gasteiger partial charge on any atom is 0.326 e. The smallest absolute Gasteiger partial charge is 0.326 e. The van der Waals surface area contributed by atoms with Gasteiger partial charge in [-0.05, 0) is 32.1 Å². The zero-order chi connectivity index (χ0) is 14.3. The normalized spacial score (nSPS) is 30.7. The topological polar surface area (TPSA) is 77.9 Å². The van der Waals surface area contributed by atoms with E-state index in [1.54, 1.807) is 0 Å². The number of likely N-dealkylation sites (tertiary alicyclic amines) is 2. The van der Waals surface area contributed by atoms with Crippen molar-refractivity contribution in [2.24, 2.45) is 5.92 Å². The van der Waals surface area contributed by atoms with E-state index in [2.05, 4.69) is 0 Å². The highest BCUT2D eigenvalue weighted by Crippen LogP contribution is 2.33. The van der Waals surface area contributed by atoms with Crippen molar-refractivity contribution >= 4 is 17.8 Å². The van der Waals surface area contributed by atoms with Gasteiger partial charge >= 0.3 is 5.97 Å². The Bertz CT molecular complexity index is 446. The minimum absolute atomic E-state index is 0.0507. The number of rotatable bonds is 3. The van der Waals surface area contributed by atoms with Crippen LogP contribution in [0.3, 0.4) is 0 Å². The van der Waals surface area contributed by atoms with Gasteiger partial charge < -0.3 is 14.9 Å². The fourth-order valence-corrected chi connectivity index (χ4v) is 3.32. The number of carboxylic acids is 1. The summed E-state index contributed by atoms with van der Waals surface area (Å²) < 4.78 is 0. The first-order chi connectivity index (χ1) is 9.58. The van der Waals surface area contributed by atoms with Gasteiger partial charge in [0.1, 0.15) is 6.04 Å². The number of carboxylic acid groups (broad SMARTS) is 1. The van der Waals surface area contributed by atoms with Gasteiger partial charge in [-0.25, -0.2) is 4.79 Å². The molecule has 2 amide bonds. The van der Waals surface area contributed by atoms with Crippen molar-refractivity contribution in [3.05, 3.63) is 0 Å². The van der Waals surface area contributed by atoms with Crippen LogP contribution in [0.5, 0.6) is 0 Å². The quantitative estimate of drug-likeness (QED) is 0.815. The lowest BCUT2D eigenvalue weighted by Crippen LogP contribution is -2.50. The molecule has 1 saturated carbocycles. The Kier molecular flexibility index (Phi) is 3.40. The maximum atomic E-state index is 12.5. The molecular weight excluding hydrogens is 260 g/mol. The summed E-state index contributed by atoms with van der Waals surface area (Å²) in [5.74, 6) is -1.37. The number of amides is 2. The molecule has 6 heteroatoms. The zero-order valence-corrected chi connectivity index (χ0v) is 11.5. The van der Waals surface area contributed by atoms with Crippen molar-refractivity contribution in [2.45, 2.75) is 50.6 Å². The van der Waals surface area contributed by atoms with Crippen LogP contribution in [0.2, 0.25) is 0 Å². The summed E-state index contributed by atoms with van der Waals surface area (Å²) in [6.45, 7) is 0.981. The Balaban J connectivity index is 1.68. The van der Waals surface area contributed by atoms with Gasteiger partial charge in [-0.2, -0.15) is 0 Å². The molecule has 3 aliphatic rings. The molecule has 0 aromatic rings. The van der Waals surface area contributed by atoms with Crippen molar-refractivity contribution in [2.75, 3.05) is 13.1 Å². The number of carbonyl (C=O) groups is 3. The summed E-state index contributed by atoms with van der Waals surface area (Å²) in [4.78, 5) is 39.0. The van der Waals surface area contributed by atoms with E-state index in [1.165, 1.54) is 4.90 Å². The highest BCUT2D eigenvalue weighted by molar-refractivity contribution is 5.91. The Hall–Kier alpha value is -1.59. The molecule has 2 heterocycles. The van der Waals surface area contributed by atoms with E-state index in [0.29, 0.717) is 25.6 Å². The van der Waals surface area contributed by atoms with Gasteiger partial charge in [-0.1, -0.05) is 0 Å². The molecule has 0 aromatic heterocycles. The Labute approximate surface area is 117 Å². The van der Waals surface area contributed by atoms with Crippen LogP contribution in [-0.4, -0.2) is 57.9 Å². The molecule has 0 radical (unpaired) electrons. The molecule has 3 rings (SSSR count). The minimum Gasteiger partial charge on any atom is -0.480 e. The average Bonchev–Trinajstić information content (AvgIpc) is 3.21. The van der Waals surface area contributed by atoms with Crippen molar-refractivity contribution in [1.82, 2.24) is 9.80 Å². The molecule has 1 unspecified atom stereocenters. The molecule has 2 aliphatic heterocycles. The van der Waals surface area contributed by atoms with Gasteiger partial charge in [0.2, 0.25) is 11.8 Å². The molecule has 0 aromatic carbocycles. The first-order valence-corrected chi connectivity index (χ1v) is 7.40. The van der Waals surface area contributed by atoms with Crippen molar-refractivity contribution in [3.63, 3.8) is 0 Å². The number of piperidine rings is 1. The van der Waals surface area contributed by atoms with E-state index in [4.69, 9.17) is 0 Å². The van der Waals surface area contributed by atoms with Gasteiger partial charge in [0.05, 0.1) is 5.92 Å². The van der Waals surface area contributed by atoms with Crippen molar-refractivity contribution in [1.29, 1.82) is 0 Å². The summed E-state index contributed by atoms with van der Waals surface area (Å²) in [7, 11) is 0. The SMILES string of the molecule is O=C(O)[C@@H]1CCCCN1C(=O)C1CC(=O)N(C2CC2)C1. The third-order valence-corrected chi connectivity index (χ3v) is 4.57. The van der Waals surface area contributed by atoms with E-state index in [0.717, 1.165) is 25.7 Å². The van der Waals surface area contributed by atoms with E-state index >= 15 is 0 Å². The number of hydrogen-bond donors (Lipinski definition) is 1. The second-order valence-corrected chi connectivity index (χ2v) is 6.06. The summed E-state index contributed by atoms with van der Waals surface area (Å²) in [5.41, 5.74) is 0. The predicted octanol–water partition coefficient (Wildman–Crippen LogP) is 0.463. The van der Waals surface area contributed by atoms with Crippen LogP contribution >= 0.6 is 0 Å². The Morgan fingerprint density at radius 2 is 1.90 bits per heavy atom. The number of nitrogens with zero attached hydrogens (tertiary/aromatic N) is 2. The van der Waals surface area contributed by atoms with E-state index < -0.39 is 12.0 Å². The molecule has 0 bridgehead atoms. The van der Waals surface area contributed by atoms with Gasteiger partial charge in [-0.15, -0.1) is 0 Å². The molecule has 6 nitrogen and oxygen atoms in total. The maximum absolute atomic E-state index is 12.5. The molecule has 110 valence electrons. The predicted molar refractivity (Wildman–Crippen MR) is 69.8 cm³/mol. The summed E-state index contributed by atoms with van der Waals surface area (Å²) in [6.07, 6.45) is 4.54. The van der Waals surface area contributed by atoms with Crippen molar-refractivity contribution < 1.29 is 19.5 Å². The fraction of sp³-hybridized carbons (Fsp3) is 0.786. The minimum atomic E-state index is -0.929. The first-order valence-electron chi connectivity index (χ1n) is 7.40. The molecule has 1 N–H and O–H groups in total. The van der Waals surface area contributed by atoms with E-state index in [-0.39, 0.29) is 24.2 Å². The van der Waals surface area contributed by atoms with Crippen LogP contribution in [0.15, 0.2) is 0 Å². The number of aliphatic carboxylic acids is 1. The van der Waals surface area contributed by atoms with E-state index in [1.807, 2.05) is 4.90 Å². The lowest BCUT2D eigenvalue weighted by Gasteiger charge is -2.34. The summed E-state index contributed by atoms with van der Waals surface area (Å²) >= 11 is 0. The van der Waals surface area contributed by atoms with Crippen LogP contribution in [-0.2, 0) is 14.4 Å². The molecule has 0 spiro atoms. The highest BCUT2D eigenvalue weighted by atomic mass is 16.4. The monoisotopic (exact) mass is 280 g/mol. The average molecular weight is 280 g/mol. The van der Waals surface area contributed by atoms with Crippen LogP contribution in [0.25, 0.3) is 0 Å². The van der Waals surface area contributed by atoms with Gasteiger partial charge in [-0.3, -0.25) is 9.59 Å². The molecular formula is C14H20N2O4. The van der Waals surface area contributed by atoms with Crippen LogP contribution in [0.4, 0.5) is 0 Å². The third-order valence-electron chi connectivity index (χ3n) is 4.57. The largest absolute Gasteiger partial charge is 0.480 e. The Morgan fingerprint density at radius 3 is 2.55 bits per heavy atom. The zero-order valence-electron chi connectivity index (χ0n) is 11.5. The molecule has 1 aliphatic carbocycles. The van der Waals surface area contributed by atoms with Gasteiger partial charge in [0.25, 0.3) is 0 Å². The summed E-state index contributed by atoms with van der Waals surface area (Å²) in [5, 5.41) is 9.23. The lowest BCUT2D eigenvalue weighted by molar-refractivity contribution is -0.153. The lowest BCUT2D eigenvalue weighted by atomic mass is 9.98. The van der Waals surface area contributed by atoms with Crippen LogP contribution in [0, 0.1) is 5.92 Å². The molecule has 3 fully saturated rings. The summed E-state index contributed by atoms with van der Waals surface area (Å²) in [6, 6.07) is -0.377. The highest BCUT2D eigenvalue weighted by Gasteiger charge is 2.44. The fourth-order valence-electron chi connectivity index (χ4n) is 3.32.